The molecule has 29 heavy (non-hydrogen) atoms. The third-order valence-electron chi connectivity index (χ3n) is 5.43. The molecule has 1 aliphatic rings. The Morgan fingerprint density at radius 3 is 2.62 bits per heavy atom. The van der Waals surface area contributed by atoms with Crippen molar-refractivity contribution in [2.24, 2.45) is 4.99 Å². The average molecular weight is 529 g/mol. The number of hydrogen-bond acceptors (Lipinski definition) is 4. The summed E-state index contributed by atoms with van der Waals surface area (Å²) < 4.78 is 5.68. The molecule has 3 rings (SSSR count). The Hall–Kier alpha value is -1.19. The number of aliphatic imine (C=N–C) groups is 1. The molecule has 2 heterocycles. The van der Waals surface area contributed by atoms with Crippen LogP contribution in [0.2, 0.25) is 0 Å². The lowest BCUT2D eigenvalue weighted by Crippen LogP contribution is -2.48. The molecule has 1 aliphatic heterocycles. The van der Waals surface area contributed by atoms with Crippen LogP contribution >= 0.6 is 35.3 Å². The number of thiazole rings is 1. The second kappa shape index (κ2) is 11.9. The van der Waals surface area contributed by atoms with Gasteiger partial charge in [-0.25, -0.2) is 9.98 Å². The SMILES string of the molecule is CCNC(=NCc1ncc(CC)s1)NCC1(c2ccccc2C)CCOCC1.I. The van der Waals surface area contributed by atoms with E-state index in [9.17, 15) is 0 Å². The molecule has 0 bridgehead atoms. The third kappa shape index (κ3) is 6.39. The minimum absolute atomic E-state index is 0. The lowest BCUT2D eigenvalue weighted by Gasteiger charge is -2.39. The zero-order valence-electron chi connectivity index (χ0n) is 17.7. The van der Waals surface area contributed by atoms with Crippen LogP contribution in [0.25, 0.3) is 0 Å². The second-order valence-corrected chi connectivity index (χ2v) is 8.53. The molecule has 1 saturated heterocycles. The molecular weight excluding hydrogens is 495 g/mol. The number of hydrogen-bond donors (Lipinski definition) is 2. The highest BCUT2D eigenvalue weighted by Crippen LogP contribution is 2.36. The van der Waals surface area contributed by atoms with E-state index in [0.717, 1.165) is 56.5 Å². The van der Waals surface area contributed by atoms with Crippen LogP contribution < -0.4 is 10.6 Å². The molecule has 5 nitrogen and oxygen atoms in total. The van der Waals surface area contributed by atoms with E-state index in [4.69, 9.17) is 9.73 Å². The summed E-state index contributed by atoms with van der Waals surface area (Å²) in [6.45, 7) is 10.4. The first-order valence-electron chi connectivity index (χ1n) is 10.3. The van der Waals surface area contributed by atoms with E-state index in [0.29, 0.717) is 6.54 Å². The molecule has 1 aromatic heterocycles. The summed E-state index contributed by atoms with van der Waals surface area (Å²) in [4.78, 5) is 10.6. The summed E-state index contributed by atoms with van der Waals surface area (Å²) in [7, 11) is 0. The van der Waals surface area contributed by atoms with Gasteiger partial charge < -0.3 is 15.4 Å². The number of guanidine groups is 1. The third-order valence-corrected chi connectivity index (χ3v) is 6.55. The first kappa shape index (κ1) is 24.1. The van der Waals surface area contributed by atoms with E-state index in [-0.39, 0.29) is 29.4 Å². The van der Waals surface area contributed by atoms with Crippen LogP contribution in [-0.2, 0) is 23.1 Å². The van der Waals surface area contributed by atoms with Crippen molar-refractivity contribution < 1.29 is 4.74 Å². The minimum atomic E-state index is 0. The number of benzene rings is 1. The maximum absolute atomic E-state index is 5.68. The number of aromatic nitrogens is 1. The fourth-order valence-electron chi connectivity index (χ4n) is 3.80. The molecule has 7 heteroatoms. The molecule has 0 radical (unpaired) electrons. The number of halogens is 1. The maximum Gasteiger partial charge on any atom is 0.191 e. The molecule has 1 fully saturated rings. The van der Waals surface area contributed by atoms with Crippen molar-refractivity contribution in [3.05, 3.63) is 51.5 Å². The highest BCUT2D eigenvalue weighted by atomic mass is 127. The van der Waals surface area contributed by atoms with Gasteiger partial charge in [-0.05, 0) is 44.2 Å². The zero-order valence-corrected chi connectivity index (χ0v) is 20.8. The molecule has 2 N–H and O–H groups in total. The molecule has 0 aliphatic carbocycles. The fourth-order valence-corrected chi connectivity index (χ4v) is 4.58. The zero-order chi connectivity index (χ0) is 19.8. The lowest BCUT2D eigenvalue weighted by atomic mass is 9.72. The molecule has 0 spiro atoms. The van der Waals surface area contributed by atoms with E-state index < -0.39 is 0 Å². The van der Waals surface area contributed by atoms with E-state index in [1.807, 2.05) is 6.20 Å². The number of rotatable bonds is 7. The first-order valence-corrected chi connectivity index (χ1v) is 11.1. The smallest absolute Gasteiger partial charge is 0.191 e. The van der Waals surface area contributed by atoms with Crippen LogP contribution in [0.1, 0.15) is 47.7 Å². The Bertz CT molecular complexity index is 787. The molecular formula is C22H33IN4OS. The average Bonchev–Trinajstić information content (AvgIpc) is 3.19. The van der Waals surface area contributed by atoms with Crippen molar-refractivity contribution >= 4 is 41.3 Å². The van der Waals surface area contributed by atoms with Gasteiger partial charge in [-0.2, -0.15) is 0 Å². The van der Waals surface area contributed by atoms with Crippen LogP contribution in [0, 0.1) is 6.92 Å². The molecule has 2 aromatic rings. The Kier molecular flexibility index (Phi) is 9.85. The van der Waals surface area contributed by atoms with Gasteiger partial charge in [-0.15, -0.1) is 35.3 Å². The lowest BCUT2D eigenvalue weighted by molar-refractivity contribution is 0.0512. The van der Waals surface area contributed by atoms with Crippen molar-refractivity contribution in [2.75, 3.05) is 26.3 Å². The van der Waals surface area contributed by atoms with Gasteiger partial charge in [0.25, 0.3) is 0 Å². The van der Waals surface area contributed by atoms with Gasteiger partial charge in [-0.1, -0.05) is 31.2 Å². The maximum atomic E-state index is 5.68. The molecule has 160 valence electrons. The summed E-state index contributed by atoms with van der Waals surface area (Å²) in [6.07, 6.45) is 5.04. The highest BCUT2D eigenvalue weighted by molar-refractivity contribution is 14.0. The number of ether oxygens (including phenoxy) is 1. The summed E-state index contributed by atoms with van der Waals surface area (Å²) in [6, 6.07) is 8.74. The Labute approximate surface area is 195 Å². The summed E-state index contributed by atoms with van der Waals surface area (Å²) >= 11 is 1.75. The Morgan fingerprint density at radius 2 is 1.97 bits per heavy atom. The van der Waals surface area contributed by atoms with E-state index in [1.165, 1.54) is 16.0 Å². The Balaban J connectivity index is 0.00000300. The van der Waals surface area contributed by atoms with Crippen LogP contribution in [0.4, 0.5) is 0 Å². The summed E-state index contributed by atoms with van der Waals surface area (Å²) in [5.41, 5.74) is 2.85. The molecule has 0 saturated carbocycles. The van der Waals surface area contributed by atoms with Gasteiger partial charge in [0.1, 0.15) is 5.01 Å². The van der Waals surface area contributed by atoms with Crippen molar-refractivity contribution in [2.45, 2.75) is 52.0 Å². The van der Waals surface area contributed by atoms with E-state index >= 15 is 0 Å². The van der Waals surface area contributed by atoms with Crippen molar-refractivity contribution in [3.63, 3.8) is 0 Å². The van der Waals surface area contributed by atoms with E-state index in [2.05, 4.69) is 60.7 Å². The van der Waals surface area contributed by atoms with Gasteiger partial charge in [0, 0.05) is 42.8 Å². The van der Waals surface area contributed by atoms with Crippen molar-refractivity contribution in [1.82, 2.24) is 15.6 Å². The predicted octanol–water partition coefficient (Wildman–Crippen LogP) is 4.44. The number of nitrogens with zero attached hydrogens (tertiary/aromatic N) is 2. The molecule has 0 atom stereocenters. The van der Waals surface area contributed by atoms with Gasteiger partial charge in [-0.3, -0.25) is 0 Å². The monoisotopic (exact) mass is 528 g/mol. The van der Waals surface area contributed by atoms with Gasteiger partial charge in [0.05, 0.1) is 6.54 Å². The van der Waals surface area contributed by atoms with Gasteiger partial charge in [0.15, 0.2) is 5.96 Å². The Morgan fingerprint density at radius 1 is 1.21 bits per heavy atom. The van der Waals surface area contributed by atoms with Crippen LogP contribution in [0.5, 0.6) is 0 Å². The van der Waals surface area contributed by atoms with Crippen LogP contribution in [0.3, 0.4) is 0 Å². The minimum Gasteiger partial charge on any atom is -0.381 e. The quantitative estimate of drug-likeness (QED) is 0.317. The normalized spacial score (nSPS) is 16.2. The first-order chi connectivity index (χ1) is 13.7. The van der Waals surface area contributed by atoms with Crippen LogP contribution in [-0.4, -0.2) is 37.2 Å². The topological polar surface area (TPSA) is 58.5 Å². The van der Waals surface area contributed by atoms with Crippen molar-refractivity contribution in [1.29, 1.82) is 0 Å². The van der Waals surface area contributed by atoms with Gasteiger partial charge in [0.2, 0.25) is 0 Å². The number of aryl methyl sites for hydroxylation is 2. The molecule has 1 aromatic carbocycles. The molecule has 0 amide bonds. The van der Waals surface area contributed by atoms with Gasteiger partial charge >= 0.3 is 0 Å². The van der Waals surface area contributed by atoms with E-state index in [1.54, 1.807) is 11.3 Å². The highest BCUT2D eigenvalue weighted by Gasteiger charge is 2.35. The standard InChI is InChI=1S/C22H32N4OS.HI/c1-4-18-14-24-20(28-18)15-25-21(23-5-2)26-16-22(10-12-27-13-11-22)19-9-7-6-8-17(19)3;/h6-9,14H,4-5,10-13,15-16H2,1-3H3,(H2,23,25,26);1H. The number of nitrogens with one attached hydrogen (secondary N) is 2. The molecule has 0 unspecified atom stereocenters. The fraction of sp³-hybridized carbons (Fsp3) is 0.545. The van der Waals surface area contributed by atoms with Crippen molar-refractivity contribution in [3.8, 4) is 0 Å². The largest absolute Gasteiger partial charge is 0.381 e. The second-order valence-electron chi connectivity index (χ2n) is 7.33. The summed E-state index contributed by atoms with van der Waals surface area (Å²) in [5.74, 6) is 0.857. The summed E-state index contributed by atoms with van der Waals surface area (Å²) in [5, 5.41) is 8.05. The van der Waals surface area contributed by atoms with Crippen LogP contribution in [0.15, 0.2) is 35.5 Å². The predicted molar refractivity (Wildman–Crippen MR) is 133 cm³/mol.